The van der Waals surface area contributed by atoms with Crippen molar-refractivity contribution in [3.05, 3.63) is 29.3 Å². The fraction of sp³-hybridized carbons (Fsp3) is 0.647. The van der Waals surface area contributed by atoms with Crippen LogP contribution in [0.4, 0.5) is 0 Å². The lowest BCUT2D eigenvalue weighted by Crippen LogP contribution is -2.37. The molecule has 1 atom stereocenters. The molecule has 3 nitrogen and oxygen atoms in total. The third kappa shape index (κ3) is 4.50. The molecule has 1 heterocycles. The van der Waals surface area contributed by atoms with Gasteiger partial charge in [0.25, 0.3) is 0 Å². The molecule has 0 radical (unpaired) electrons. The van der Waals surface area contributed by atoms with E-state index in [9.17, 15) is 0 Å². The van der Waals surface area contributed by atoms with E-state index in [1.807, 2.05) is 0 Å². The Bertz CT molecular complexity index is 393. The van der Waals surface area contributed by atoms with Gasteiger partial charge in [-0.05, 0) is 63.0 Å². The number of likely N-dealkylation sites (N-methyl/N-ethyl adjacent to an activating group) is 1. The van der Waals surface area contributed by atoms with E-state index in [0.29, 0.717) is 0 Å². The summed E-state index contributed by atoms with van der Waals surface area (Å²) >= 11 is 0. The third-order valence-electron chi connectivity index (χ3n) is 4.01. The number of benzene rings is 1. The van der Waals surface area contributed by atoms with Crippen molar-refractivity contribution in [1.82, 2.24) is 10.2 Å². The number of hydrogen-bond acceptors (Lipinski definition) is 3. The Morgan fingerprint density at radius 3 is 2.60 bits per heavy atom. The monoisotopic (exact) mass is 276 g/mol. The number of aryl methyl sites for hydroxylation is 2. The molecule has 112 valence electrons. The number of hydrogen-bond donors (Lipinski definition) is 1. The normalized spacial score (nSPS) is 18.7. The number of nitrogens with zero attached hydrogens (tertiary/aromatic N) is 1. The van der Waals surface area contributed by atoms with Gasteiger partial charge in [0.1, 0.15) is 5.75 Å². The fourth-order valence-corrected chi connectivity index (χ4v) is 3.02. The number of ether oxygens (including phenoxy) is 1. The number of rotatable bonds is 7. The second-order valence-electron chi connectivity index (χ2n) is 5.80. The van der Waals surface area contributed by atoms with Gasteiger partial charge in [0, 0.05) is 19.1 Å². The molecule has 0 amide bonds. The van der Waals surface area contributed by atoms with Crippen molar-refractivity contribution >= 4 is 0 Å². The molecule has 1 saturated heterocycles. The van der Waals surface area contributed by atoms with E-state index in [0.717, 1.165) is 44.5 Å². The highest BCUT2D eigenvalue weighted by Crippen LogP contribution is 2.16. The Kier molecular flexibility index (Phi) is 5.86. The quantitative estimate of drug-likeness (QED) is 0.775. The maximum absolute atomic E-state index is 5.88. The van der Waals surface area contributed by atoms with Crippen LogP contribution in [0.25, 0.3) is 0 Å². The zero-order chi connectivity index (χ0) is 14.4. The van der Waals surface area contributed by atoms with Crippen molar-refractivity contribution in [3.8, 4) is 5.75 Å². The highest BCUT2D eigenvalue weighted by Gasteiger charge is 2.20. The maximum Gasteiger partial charge on any atom is 0.119 e. The lowest BCUT2D eigenvalue weighted by Gasteiger charge is -2.26. The van der Waals surface area contributed by atoms with Crippen LogP contribution in [0.5, 0.6) is 5.75 Å². The first-order valence-corrected chi connectivity index (χ1v) is 7.85. The Morgan fingerprint density at radius 1 is 1.25 bits per heavy atom. The summed E-state index contributed by atoms with van der Waals surface area (Å²) in [6, 6.07) is 7.14. The van der Waals surface area contributed by atoms with Crippen molar-refractivity contribution < 1.29 is 4.74 Å². The molecule has 20 heavy (non-hydrogen) atoms. The molecule has 0 spiro atoms. The zero-order valence-electron chi connectivity index (χ0n) is 13.1. The SMILES string of the molecule is CCN(CCCOc1cc(C)cc(C)c1)C1CCNC1. The van der Waals surface area contributed by atoms with Gasteiger partial charge in [-0.2, -0.15) is 0 Å². The van der Waals surface area contributed by atoms with Crippen LogP contribution < -0.4 is 10.1 Å². The lowest BCUT2D eigenvalue weighted by molar-refractivity contribution is 0.196. The summed E-state index contributed by atoms with van der Waals surface area (Å²) < 4.78 is 5.88. The summed E-state index contributed by atoms with van der Waals surface area (Å²) in [5, 5.41) is 3.44. The van der Waals surface area contributed by atoms with Crippen molar-refractivity contribution in [2.75, 3.05) is 32.8 Å². The average molecular weight is 276 g/mol. The predicted molar refractivity (Wildman–Crippen MR) is 84.5 cm³/mol. The smallest absolute Gasteiger partial charge is 0.119 e. The highest BCUT2D eigenvalue weighted by molar-refractivity contribution is 5.32. The molecule has 0 saturated carbocycles. The summed E-state index contributed by atoms with van der Waals surface area (Å²) in [4.78, 5) is 2.57. The van der Waals surface area contributed by atoms with E-state index in [1.54, 1.807) is 0 Å². The summed E-state index contributed by atoms with van der Waals surface area (Å²) in [5.41, 5.74) is 2.54. The molecule has 0 aliphatic carbocycles. The van der Waals surface area contributed by atoms with Crippen LogP contribution in [0.3, 0.4) is 0 Å². The van der Waals surface area contributed by atoms with Gasteiger partial charge < -0.3 is 10.1 Å². The molecule has 2 rings (SSSR count). The summed E-state index contributed by atoms with van der Waals surface area (Å²) in [7, 11) is 0. The molecule has 0 bridgehead atoms. The first-order chi connectivity index (χ1) is 9.69. The molecule has 1 unspecified atom stereocenters. The van der Waals surface area contributed by atoms with E-state index in [2.05, 4.69) is 49.2 Å². The van der Waals surface area contributed by atoms with E-state index in [-0.39, 0.29) is 0 Å². The summed E-state index contributed by atoms with van der Waals surface area (Å²) in [5.74, 6) is 1.01. The standard InChI is InChI=1S/C17H28N2O/c1-4-19(16-6-7-18-13-16)8-5-9-20-17-11-14(2)10-15(3)12-17/h10-12,16,18H,4-9,13H2,1-3H3. The largest absolute Gasteiger partial charge is 0.494 e. The van der Waals surface area contributed by atoms with Crippen molar-refractivity contribution in [2.24, 2.45) is 0 Å². The lowest BCUT2D eigenvalue weighted by atomic mass is 10.1. The van der Waals surface area contributed by atoms with Gasteiger partial charge in [-0.25, -0.2) is 0 Å². The summed E-state index contributed by atoms with van der Waals surface area (Å²) in [6.45, 7) is 11.9. The van der Waals surface area contributed by atoms with Crippen LogP contribution >= 0.6 is 0 Å². The van der Waals surface area contributed by atoms with E-state index in [4.69, 9.17) is 4.74 Å². The van der Waals surface area contributed by atoms with E-state index < -0.39 is 0 Å². The molecule has 3 heteroatoms. The predicted octanol–water partition coefficient (Wildman–Crippen LogP) is 2.76. The third-order valence-corrected chi connectivity index (χ3v) is 4.01. The van der Waals surface area contributed by atoms with Crippen LogP contribution in [-0.4, -0.2) is 43.7 Å². The minimum absolute atomic E-state index is 0.723. The fourth-order valence-electron chi connectivity index (χ4n) is 3.02. The maximum atomic E-state index is 5.88. The van der Waals surface area contributed by atoms with E-state index >= 15 is 0 Å². The molecule has 1 fully saturated rings. The second-order valence-corrected chi connectivity index (χ2v) is 5.80. The summed E-state index contributed by atoms with van der Waals surface area (Å²) in [6.07, 6.45) is 2.38. The first-order valence-electron chi connectivity index (χ1n) is 7.85. The molecule has 1 aromatic carbocycles. The zero-order valence-corrected chi connectivity index (χ0v) is 13.1. The van der Waals surface area contributed by atoms with E-state index in [1.165, 1.54) is 24.1 Å². The Labute approximate surface area is 123 Å². The molecule has 1 N–H and O–H groups in total. The Hall–Kier alpha value is -1.06. The van der Waals surface area contributed by atoms with Crippen LogP contribution in [0.2, 0.25) is 0 Å². The van der Waals surface area contributed by atoms with Crippen LogP contribution in [0.1, 0.15) is 30.9 Å². The van der Waals surface area contributed by atoms with Gasteiger partial charge in [-0.1, -0.05) is 13.0 Å². The van der Waals surface area contributed by atoms with Crippen molar-refractivity contribution in [1.29, 1.82) is 0 Å². The minimum atomic E-state index is 0.723. The molecular weight excluding hydrogens is 248 g/mol. The molecule has 1 aliphatic heterocycles. The first kappa shape index (κ1) is 15.3. The Morgan fingerprint density at radius 2 is 2.00 bits per heavy atom. The average Bonchev–Trinajstić information content (AvgIpc) is 2.91. The number of nitrogens with one attached hydrogen (secondary N) is 1. The van der Waals surface area contributed by atoms with Crippen LogP contribution in [-0.2, 0) is 0 Å². The van der Waals surface area contributed by atoms with Crippen molar-refractivity contribution in [3.63, 3.8) is 0 Å². The van der Waals surface area contributed by atoms with Gasteiger partial charge >= 0.3 is 0 Å². The van der Waals surface area contributed by atoms with Gasteiger partial charge in [-0.3, -0.25) is 4.90 Å². The molecule has 1 aromatic rings. The highest BCUT2D eigenvalue weighted by atomic mass is 16.5. The minimum Gasteiger partial charge on any atom is -0.494 e. The van der Waals surface area contributed by atoms with Gasteiger partial charge in [0.05, 0.1) is 6.61 Å². The van der Waals surface area contributed by atoms with Crippen LogP contribution in [0, 0.1) is 13.8 Å². The van der Waals surface area contributed by atoms with Gasteiger partial charge in [-0.15, -0.1) is 0 Å². The van der Waals surface area contributed by atoms with Gasteiger partial charge in [0.2, 0.25) is 0 Å². The van der Waals surface area contributed by atoms with Crippen molar-refractivity contribution in [2.45, 2.75) is 39.7 Å². The van der Waals surface area contributed by atoms with Crippen LogP contribution in [0.15, 0.2) is 18.2 Å². The topological polar surface area (TPSA) is 24.5 Å². The molecule has 0 aromatic heterocycles. The molecule has 1 aliphatic rings. The van der Waals surface area contributed by atoms with Gasteiger partial charge in [0.15, 0.2) is 0 Å². The Balaban J connectivity index is 1.72. The second kappa shape index (κ2) is 7.65. The molecular formula is C17H28N2O.